The van der Waals surface area contributed by atoms with Crippen molar-refractivity contribution in [3.8, 4) is 0 Å². The van der Waals surface area contributed by atoms with Crippen molar-refractivity contribution in [2.75, 3.05) is 6.54 Å². The Morgan fingerprint density at radius 1 is 1.32 bits per heavy atom. The number of carbonyl (C=O) groups excluding carboxylic acids is 2. The predicted octanol–water partition coefficient (Wildman–Crippen LogP) is 0.957. The molecule has 1 rings (SSSR count). The molecule has 4 N–H and O–H groups in total. The molecular weight excluding hydrogens is 266 g/mol. The molecule has 0 heterocycles. The lowest BCUT2D eigenvalue weighted by atomic mass is 9.97. The molecule has 1 fully saturated rings. The Balaban J connectivity index is 0.00000324. The second-order valence-electron chi connectivity index (χ2n) is 5.28. The lowest BCUT2D eigenvalue weighted by Crippen LogP contribution is -2.50. The van der Waals surface area contributed by atoms with E-state index >= 15 is 0 Å². The maximum Gasteiger partial charge on any atom is 0.242 e. The van der Waals surface area contributed by atoms with Gasteiger partial charge < -0.3 is 16.4 Å². The van der Waals surface area contributed by atoms with Crippen LogP contribution in [-0.4, -0.2) is 30.4 Å². The summed E-state index contributed by atoms with van der Waals surface area (Å²) in [6.45, 7) is 3.94. The van der Waals surface area contributed by atoms with Crippen LogP contribution in [0.15, 0.2) is 0 Å². The summed E-state index contributed by atoms with van der Waals surface area (Å²) in [5.74, 6) is 0.0659. The van der Waals surface area contributed by atoms with E-state index in [-0.39, 0.29) is 42.2 Å². The van der Waals surface area contributed by atoms with Crippen LogP contribution in [0.4, 0.5) is 0 Å². The molecule has 6 heteroatoms. The normalized spacial score (nSPS) is 18.3. The topological polar surface area (TPSA) is 84.2 Å². The van der Waals surface area contributed by atoms with Crippen molar-refractivity contribution < 1.29 is 9.59 Å². The number of rotatable bonds is 6. The van der Waals surface area contributed by atoms with E-state index in [1.54, 1.807) is 0 Å². The third-order valence-electron chi connectivity index (χ3n) is 3.41. The smallest absolute Gasteiger partial charge is 0.242 e. The van der Waals surface area contributed by atoms with Crippen molar-refractivity contribution in [3.05, 3.63) is 0 Å². The van der Waals surface area contributed by atoms with Crippen molar-refractivity contribution >= 4 is 24.2 Å². The van der Waals surface area contributed by atoms with Crippen molar-refractivity contribution in [2.45, 2.75) is 58.0 Å². The van der Waals surface area contributed by atoms with Crippen LogP contribution in [0.5, 0.6) is 0 Å². The third kappa shape index (κ3) is 6.78. The minimum atomic E-state index is -0.377. The van der Waals surface area contributed by atoms with E-state index < -0.39 is 0 Å². The molecule has 0 saturated heterocycles. The summed E-state index contributed by atoms with van der Waals surface area (Å²) in [5.41, 5.74) is 5.64. The zero-order chi connectivity index (χ0) is 13.5. The Kier molecular flexibility index (Phi) is 8.76. The Morgan fingerprint density at radius 3 is 2.37 bits per heavy atom. The van der Waals surface area contributed by atoms with Gasteiger partial charge in [0.05, 0.1) is 0 Å². The molecule has 0 aromatic heterocycles. The largest absolute Gasteiger partial charge is 0.354 e. The number of nitrogens with two attached hydrogens (primary N) is 1. The van der Waals surface area contributed by atoms with Crippen LogP contribution in [0.3, 0.4) is 0 Å². The zero-order valence-electron chi connectivity index (χ0n) is 11.8. The molecule has 2 atom stereocenters. The van der Waals surface area contributed by atoms with Crippen LogP contribution in [0.1, 0.15) is 46.0 Å². The molecule has 0 aliphatic heterocycles. The van der Waals surface area contributed by atoms with Crippen LogP contribution < -0.4 is 16.4 Å². The minimum absolute atomic E-state index is 0. The average molecular weight is 292 g/mol. The highest BCUT2D eigenvalue weighted by molar-refractivity contribution is 5.87. The fourth-order valence-corrected chi connectivity index (χ4v) is 2.44. The molecule has 0 radical (unpaired) electrons. The molecular formula is C13H26ClN3O2. The van der Waals surface area contributed by atoms with Gasteiger partial charge in [-0.25, -0.2) is 0 Å². The molecule has 0 spiro atoms. The first-order chi connectivity index (χ1) is 8.50. The summed E-state index contributed by atoms with van der Waals surface area (Å²) < 4.78 is 0. The number of amides is 2. The van der Waals surface area contributed by atoms with Crippen LogP contribution in [0.25, 0.3) is 0 Å². The fraction of sp³-hybridized carbons (Fsp3) is 0.846. The summed E-state index contributed by atoms with van der Waals surface area (Å²) in [7, 11) is 0. The summed E-state index contributed by atoms with van der Waals surface area (Å²) in [4.78, 5) is 23.3. The van der Waals surface area contributed by atoms with Gasteiger partial charge in [-0.3, -0.25) is 9.59 Å². The fourth-order valence-electron chi connectivity index (χ4n) is 2.44. The van der Waals surface area contributed by atoms with Crippen LogP contribution in [-0.2, 0) is 9.59 Å². The van der Waals surface area contributed by atoms with Gasteiger partial charge in [-0.1, -0.05) is 12.8 Å². The van der Waals surface area contributed by atoms with E-state index in [1.807, 2.05) is 6.92 Å². The summed E-state index contributed by atoms with van der Waals surface area (Å²) in [6, 6.07) is -0.297. The zero-order valence-corrected chi connectivity index (χ0v) is 12.6. The van der Waals surface area contributed by atoms with Gasteiger partial charge in [-0.15, -0.1) is 12.4 Å². The summed E-state index contributed by atoms with van der Waals surface area (Å²) in [6.07, 6.45) is 5.09. The molecule has 1 aliphatic rings. The SMILES string of the molecule is CC(=O)NC(C(=O)NCCC(C)N)C1CCCC1.Cl. The van der Waals surface area contributed by atoms with E-state index in [2.05, 4.69) is 10.6 Å². The van der Waals surface area contributed by atoms with Gasteiger partial charge in [0.25, 0.3) is 0 Å². The van der Waals surface area contributed by atoms with Crippen LogP contribution in [0.2, 0.25) is 0 Å². The van der Waals surface area contributed by atoms with Gasteiger partial charge in [0.1, 0.15) is 6.04 Å². The second-order valence-corrected chi connectivity index (χ2v) is 5.28. The van der Waals surface area contributed by atoms with Crippen molar-refractivity contribution in [2.24, 2.45) is 11.7 Å². The van der Waals surface area contributed by atoms with E-state index in [0.717, 1.165) is 32.1 Å². The predicted molar refractivity (Wildman–Crippen MR) is 78.1 cm³/mol. The van der Waals surface area contributed by atoms with Crippen molar-refractivity contribution in [3.63, 3.8) is 0 Å². The number of nitrogens with one attached hydrogen (secondary N) is 2. The molecule has 5 nitrogen and oxygen atoms in total. The van der Waals surface area contributed by atoms with Crippen molar-refractivity contribution in [1.29, 1.82) is 0 Å². The maximum atomic E-state index is 12.1. The van der Waals surface area contributed by atoms with Crippen LogP contribution in [0, 0.1) is 5.92 Å². The monoisotopic (exact) mass is 291 g/mol. The van der Waals surface area contributed by atoms with E-state index in [4.69, 9.17) is 5.73 Å². The molecule has 1 saturated carbocycles. The van der Waals surface area contributed by atoms with Gasteiger partial charge in [-0.2, -0.15) is 0 Å². The standard InChI is InChI=1S/C13H25N3O2.ClH/c1-9(14)7-8-15-13(18)12(16-10(2)17)11-5-3-4-6-11;/h9,11-12H,3-8,14H2,1-2H3,(H,15,18)(H,16,17);1H. The minimum Gasteiger partial charge on any atom is -0.354 e. The van der Waals surface area contributed by atoms with Gasteiger partial charge in [0.15, 0.2) is 0 Å². The van der Waals surface area contributed by atoms with E-state index in [0.29, 0.717) is 6.54 Å². The number of halogens is 1. The molecule has 0 aromatic rings. The third-order valence-corrected chi connectivity index (χ3v) is 3.41. The number of hydrogen-bond acceptors (Lipinski definition) is 3. The molecule has 112 valence electrons. The lowest BCUT2D eigenvalue weighted by molar-refractivity contribution is -0.129. The highest BCUT2D eigenvalue weighted by Crippen LogP contribution is 2.27. The lowest BCUT2D eigenvalue weighted by Gasteiger charge is -2.23. The molecule has 0 aromatic carbocycles. The van der Waals surface area contributed by atoms with E-state index in [9.17, 15) is 9.59 Å². The van der Waals surface area contributed by atoms with E-state index in [1.165, 1.54) is 6.92 Å². The average Bonchev–Trinajstić information content (AvgIpc) is 2.78. The maximum absolute atomic E-state index is 12.1. The first kappa shape index (κ1) is 18.2. The second kappa shape index (κ2) is 9.15. The summed E-state index contributed by atoms with van der Waals surface area (Å²) in [5, 5.41) is 5.64. The highest BCUT2D eigenvalue weighted by atomic mass is 35.5. The Morgan fingerprint density at radius 2 is 1.89 bits per heavy atom. The molecule has 0 bridgehead atoms. The van der Waals surface area contributed by atoms with Gasteiger partial charge in [0, 0.05) is 19.5 Å². The van der Waals surface area contributed by atoms with Gasteiger partial charge >= 0.3 is 0 Å². The Labute approximate surface area is 121 Å². The molecule has 1 aliphatic carbocycles. The van der Waals surface area contributed by atoms with Gasteiger partial charge in [0.2, 0.25) is 11.8 Å². The number of carbonyl (C=O) groups is 2. The quantitative estimate of drug-likeness (QED) is 0.681. The first-order valence-corrected chi connectivity index (χ1v) is 6.81. The van der Waals surface area contributed by atoms with Gasteiger partial charge in [-0.05, 0) is 32.1 Å². The number of hydrogen-bond donors (Lipinski definition) is 3. The van der Waals surface area contributed by atoms with Crippen LogP contribution >= 0.6 is 12.4 Å². The molecule has 2 amide bonds. The first-order valence-electron chi connectivity index (χ1n) is 6.81. The Hall–Kier alpha value is -0.810. The Bertz CT molecular complexity index is 292. The molecule has 2 unspecified atom stereocenters. The summed E-state index contributed by atoms with van der Waals surface area (Å²) >= 11 is 0. The van der Waals surface area contributed by atoms with Crippen molar-refractivity contribution in [1.82, 2.24) is 10.6 Å². The molecule has 19 heavy (non-hydrogen) atoms. The highest BCUT2D eigenvalue weighted by Gasteiger charge is 2.30.